The SMILES string of the molecule is CCN(CC)CCN(C(=O)c1cc(C)nn1CC)c1nc2ccccc2s1. The summed E-state index contributed by atoms with van der Waals surface area (Å²) < 4.78 is 2.86. The monoisotopic (exact) mass is 385 g/mol. The molecule has 0 bridgehead atoms. The summed E-state index contributed by atoms with van der Waals surface area (Å²) in [4.78, 5) is 22.3. The quantitative estimate of drug-likeness (QED) is 0.592. The number of carbonyl (C=O) groups is 1. The maximum Gasteiger partial charge on any atom is 0.278 e. The van der Waals surface area contributed by atoms with Gasteiger partial charge in [0.05, 0.1) is 15.9 Å². The van der Waals surface area contributed by atoms with Crippen LogP contribution < -0.4 is 4.90 Å². The first-order chi connectivity index (χ1) is 13.1. The highest BCUT2D eigenvalue weighted by Gasteiger charge is 2.25. The van der Waals surface area contributed by atoms with Crippen molar-refractivity contribution in [2.75, 3.05) is 31.1 Å². The number of carbonyl (C=O) groups excluding carboxylic acids is 1. The second kappa shape index (κ2) is 8.63. The zero-order valence-electron chi connectivity index (χ0n) is 16.5. The summed E-state index contributed by atoms with van der Waals surface area (Å²) in [6, 6.07) is 9.88. The maximum absolute atomic E-state index is 13.4. The fraction of sp³-hybridized carbons (Fsp3) is 0.450. The number of nitrogens with zero attached hydrogens (tertiary/aromatic N) is 5. The van der Waals surface area contributed by atoms with Gasteiger partial charge in [0.1, 0.15) is 5.69 Å². The van der Waals surface area contributed by atoms with Crippen LogP contribution in [0.1, 0.15) is 37.0 Å². The van der Waals surface area contributed by atoms with Crippen molar-refractivity contribution in [1.29, 1.82) is 0 Å². The summed E-state index contributed by atoms with van der Waals surface area (Å²) in [5.41, 5.74) is 2.40. The third-order valence-electron chi connectivity index (χ3n) is 4.71. The molecule has 144 valence electrons. The first-order valence-corrected chi connectivity index (χ1v) is 10.3. The van der Waals surface area contributed by atoms with Gasteiger partial charge in [-0.15, -0.1) is 0 Å². The van der Waals surface area contributed by atoms with Crippen LogP contribution in [0, 0.1) is 6.92 Å². The molecule has 27 heavy (non-hydrogen) atoms. The number of thiazole rings is 1. The fourth-order valence-corrected chi connectivity index (χ4v) is 4.13. The van der Waals surface area contributed by atoms with Gasteiger partial charge in [0.2, 0.25) is 0 Å². The van der Waals surface area contributed by atoms with Crippen LogP contribution in [-0.2, 0) is 6.54 Å². The molecule has 0 aliphatic rings. The van der Waals surface area contributed by atoms with Gasteiger partial charge in [-0.3, -0.25) is 14.4 Å². The van der Waals surface area contributed by atoms with Gasteiger partial charge >= 0.3 is 0 Å². The number of amides is 1. The molecule has 0 saturated heterocycles. The van der Waals surface area contributed by atoms with Gasteiger partial charge in [-0.05, 0) is 45.1 Å². The summed E-state index contributed by atoms with van der Waals surface area (Å²) in [5, 5.41) is 5.18. The third-order valence-corrected chi connectivity index (χ3v) is 5.77. The Labute approximate surface area is 164 Å². The molecule has 0 fully saturated rings. The number of para-hydroxylation sites is 1. The third kappa shape index (κ3) is 4.20. The van der Waals surface area contributed by atoms with Crippen LogP contribution in [-0.4, -0.2) is 51.8 Å². The van der Waals surface area contributed by atoms with Gasteiger partial charge in [0, 0.05) is 19.6 Å². The van der Waals surface area contributed by atoms with E-state index in [1.54, 1.807) is 16.0 Å². The molecular weight excluding hydrogens is 358 g/mol. The molecule has 0 spiro atoms. The molecule has 1 amide bonds. The molecule has 0 aliphatic carbocycles. The minimum Gasteiger partial charge on any atom is -0.302 e. The van der Waals surface area contributed by atoms with Crippen molar-refractivity contribution in [2.45, 2.75) is 34.2 Å². The van der Waals surface area contributed by atoms with Crippen LogP contribution in [0.4, 0.5) is 5.13 Å². The number of hydrogen-bond acceptors (Lipinski definition) is 5. The normalized spacial score (nSPS) is 11.4. The van der Waals surface area contributed by atoms with Gasteiger partial charge in [-0.25, -0.2) is 4.98 Å². The molecule has 0 radical (unpaired) electrons. The van der Waals surface area contributed by atoms with E-state index < -0.39 is 0 Å². The largest absolute Gasteiger partial charge is 0.302 e. The Kier molecular flexibility index (Phi) is 6.23. The maximum atomic E-state index is 13.4. The topological polar surface area (TPSA) is 54.3 Å². The predicted octanol–water partition coefficient (Wildman–Crippen LogP) is 3.81. The van der Waals surface area contributed by atoms with Crippen LogP contribution in [0.5, 0.6) is 0 Å². The Balaban J connectivity index is 1.96. The number of fused-ring (bicyclic) bond motifs is 1. The number of aromatic nitrogens is 3. The molecule has 0 atom stereocenters. The predicted molar refractivity (Wildman–Crippen MR) is 112 cm³/mol. The van der Waals surface area contributed by atoms with Crippen molar-refractivity contribution in [2.24, 2.45) is 0 Å². The summed E-state index contributed by atoms with van der Waals surface area (Å²) in [7, 11) is 0. The van der Waals surface area contributed by atoms with E-state index in [0.717, 1.165) is 40.7 Å². The lowest BCUT2D eigenvalue weighted by Crippen LogP contribution is -2.39. The molecule has 2 heterocycles. The van der Waals surface area contributed by atoms with E-state index in [4.69, 9.17) is 4.98 Å². The Hall–Kier alpha value is -2.25. The number of aryl methyl sites for hydroxylation is 2. The van der Waals surface area contributed by atoms with Gasteiger partial charge in [0.25, 0.3) is 5.91 Å². The van der Waals surface area contributed by atoms with Crippen molar-refractivity contribution in [1.82, 2.24) is 19.7 Å². The summed E-state index contributed by atoms with van der Waals surface area (Å²) in [6.07, 6.45) is 0. The number of rotatable bonds is 8. The van der Waals surface area contributed by atoms with E-state index >= 15 is 0 Å². The van der Waals surface area contributed by atoms with Crippen LogP contribution in [0.15, 0.2) is 30.3 Å². The molecule has 3 aromatic rings. The minimum atomic E-state index is -0.0383. The fourth-order valence-electron chi connectivity index (χ4n) is 3.14. The van der Waals surface area contributed by atoms with E-state index in [2.05, 4.69) is 23.8 Å². The summed E-state index contributed by atoms with van der Waals surface area (Å²) in [5.74, 6) is -0.0383. The van der Waals surface area contributed by atoms with E-state index in [9.17, 15) is 4.79 Å². The Morgan fingerprint density at radius 2 is 1.89 bits per heavy atom. The molecule has 0 N–H and O–H groups in total. The summed E-state index contributed by atoms with van der Waals surface area (Å²) in [6.45, 7) is 12.2. The Bertz CT molecular complexity index is 879. The average molecular weight is 386 g/mol. The highest BCUT2D eigenvalue weighted by molar-refractivity contribution is 7.22. The Morgan fingerprint density at radius 3 is 2.56 bits per heavy atom. The molecule has 7 heteroatoms. The van der Waals surface area contributed by atoms with Crippen LogP contribution in [0.2, 0.25) is 0 Å². The van der Waals surface area contributed by atoms with Crippen molar-refractivity contribution in [3.05, 3.63) is 41.7 Å². The zero-order chi connectivity index (χ0) is 19.4. The molecule has 1 aromatic carbocycles. The zero-order valence-corrected chi connectivity index (χ0v) is 17.3. The van der Waals surface area contributed by atoms with Gasteiger partial charge in [0.15, 0.2) is 5.13 Å². The van der Waals surface area contributed by atoms with Crippen molar-refractivity contribution >= 4 is 32.6 Å². The first kappa shape index (κ1) is 19.5. The second-order valence-corrected chi connectivity index (χ2v) is 7.44. The highest BCUT2D eigenvalue weighted by Crippen LogP contribution is 2.29. The standard InChI is InChI=1S/C20H27N5OS/c1-5-23(6-2)12-13-24(19(26)17-14-15(4)22-25(17)7-3)20-21-16-10-8-9-11-18(16)27-20/h8-11,14H,5-7,12-13H2,1-4H3. The average Bonchev–Trinajstić information content (AvgIpc) is 3.27. The molecule has 3 rings (SSSR count). The molecule has 0 saturated carbocycles. The molecular formula is C20H27N5OS. The molecule has 2 aromatic heterocycles. The van der Waals surface area contributed by atoms with Gasteiger partial charge in [-0.1, -0.05) is 37.3 Å². The number of benzene rings is 1. The van der Waals surface area contributed by atoms with Crippen molar-refractivity contribution in [3.63, 3.8) is 0 Å². The smallest absolute Gasteiger partial charge is 0.278 e. The number of hydrogen-bond donors (Lipinski definition) is 0. The molecule has 6 nitrogen and oxygen atoms in total. The van der Waals surface area contributed by atoms with Crippen molar-refractivity contribution in [3.8, 4) is 0 Å². The number of likely N-dealkylation sites (N-methyl/N-ethyl adjacent to an activating group) is 1. The second-order valence-electron chi connectivity index (χ2n) is 6.43. The van der Waals surface area contributed by atoms with Crippen LogP contribution >= 0.6 is 11.3 Å². The molecule has 0 unspecified atom stereocenters. The number of anilines is 1. The Morgan fingerprint density at radius 1 is 1.15 bits per heavy atom. The van der Waals surface area contributed by atoms with Crippen LogP contribution in [0.3, 0.4) is 0 Å². The first-order valence-electron chi connectivity index (χ1n) is 9.51. The lowest BCUT2D eigenvalue weighted by molar-refractivity contribution is 0.0973. The lowest BCUT2D eigenvalue weighted by Gasteiger charge is -2.24. The highest BCUT2D eigenvalue weighted by atomic mass is 32.1. The van der Waals surface area contributed by atoms with Crippen LogP contribution in [0.25, 0.3) is 10.2 Å². The van der Waals surface area contributed by atoms with Gasteiger partial charge in [-0.2, -0.15) is 5.10 Å². The van der Waals surface area contributed by atoms with Crippen molar-refractivity contribution < 1.29 is 4.79 Å². The molecule has 0 aliphatic heterocycles. The lowest BCUT2D eigenvalue weighted by atomic mass is 10.3. The van der Waals surface area contributed by atoms with E-state index in [1.807, 2.05) is 49.1 Å². The van der Waals surface area contributed by atoms with E-state index in [-0.39, 0.29) is 5.91 Å². The van der Waals surface area contributed by atoms with E-state index in [1.165, 1.54) is 0 Å². The van der Waals surface area contributed by atoms with Gasteiger partial charge < -0.3 is 4.90 Å². The van der Waals surface area contributed by atoms with E-state index in [0.29, 0.717) is 18.8 Å². The minimum absolute atomic E-state index is 0.0383. The summed E-state index contributed by atoms with van der Waals surface area (Å²) >= 11 is 1.56.